The van der Waals surface area contributed by atoms with Crippen molar-refractivity contribution < 1.29 is 19.5 Å². The quantitative estimate of drug-likeness (QED) is 0.529. The molecule has 7 heteroatoms. The highest BCUT2D eigenvalue weighted by Crippen LogP contribution is 2.33. The van der Waals surface area contributed by atoms with Crippen molar-refractivity contribution in [3.63, 3.8) is 0 Å². The first-order chi connectivity index (χ1) is 13.8. The van der Waals surface area contributed by atoms with Gasteiger partial charge in [0.2, 0.25) is 5.91 Å². The van der Waals surface area contributed by atoms with Gasteiger partial charge in [0.25, 0.3) is 5.91 Å². The molecule has 0 saturated carbocycles. The molecular formula is C22H22N2O4S. The molecule has 29 heavy (non-hydrogen) atoms. The van der Waals surface area contributed by atoms with Gasteiger partial charge in [-0.25, -0.2) is 4.79 Å². The smallest absolute Gasteiger partial charge is 0.326 e. The van der Waals surface area contributed by atoms with Crippen LogP contribution >= 0.6 is 11.3 Å². The van der Waals surface area contributed by atoms with E-state index in [0.717, 1.165) is 26.8 Å². The van der Waals surface area contributed by atoms with E-state index in [4.69, 9.17) is 5.73 Å². The Morgan fingerprint density at radius 1 is 1.10 bits per heavy atom. The van der Waals surface area contributed by atoms with Crippen molar-refractivity contribution in [2.24, 2.45) is 5.73 Å². The zero-order valence-corrected chi connectivity index (χ0v) is 16.8. The maximum Gasteiger partial charge on any atom is 0.326 e. The molecule has 0 fully saturated rings. The number of primary amides is 1. The Kier molecular flexibility index (Phi) is 6.29. The van der Waals surface area contributed by atoms with Crippen molar-refractivity contribution in [3.05, 3.63) is 70.1 Å². The molecule has 1 aromatic heterocycles. The summed E-state index contributed by atoms with van der Waals surface area (Å²) in [6.45, 7) is 2.01. The molecule has 6 nitrogen and oxygen atoms in total. The van der Waals surface area contributed by atoms with E-state index in [2.05, 4.69) is 5.32 Å². The van der Waals surface area contributed by atoms with E-state index in [1.807, 2.05) is 55.5 Å². The lowest BCUT2D eigenvalue weighted by atomic mass is 10.0. The van der Waals surface area contributed by atoms with Crippen LogP contribution in [0.3, 0.4) is 0 Å². The molecule has 0 aliphatic rings. The van der Waals surface area contributed by atoms with Gasteiger partial charge in [0.05, 0.1) is 4.88 Å². The van der Waals surface area contributed by atoms with E-state index < -0.39 is 23.8 Å². The molecule has 2 amide bonds. The molecule has 1 heterocycles. The van der Waals surface area contributed by atoms with Crippen LogP contribution in [-0.4, -0.2) is 28.9 Å². The molecular weight excluding hydrogens is 388 g/mol. The topological polar surface area (TPSA) is 109 Å². The van der Waals surface area contributed by atoms with Crippen LogP contribution in [0.25, 0.3) is 10.1 Å². The van der Waals surface area contributed by atoms with Crippen LogP contribution in [0.15, 0.2) is 48.5 Å². The molecule has 4 N–H and O–H groups in total. The first-order valence-corrected chi connectivity index (χ1v) is 10.0. The summed E-state index contributed by atoms with van der Waals surface area (Å²) < 4.78 is 0.962. The van der Waals surface area contributed by atoms with Crippen molar-refractivity contribution in [1.82, 2.24) is 5.32 Å². The molecule has 1 unspecified atom stereocenters. The third-order valence-corrected chi connectivity index (χ3v) is 5.90. The Balaban J connectivity index is 1.92. The standard InChI is InChI=1S/C22H22N2O4S/c1-13-6-8-14(9-7-13)12-16-15-4-2-3-5-18(15)29-20(16)21(26)24-17(22(27)28)10-11-19(23)25/h2-9,17H,10-12H2,1H3,(H2,23,25)(H,24,26)(H,27,28). The molecule has 0 radical (unpaired) electrons. The summed E-state index contributed by atoms with van der Waals surface area (Å²) in [5.41, 5.74) is 8.20. The summed E-state index contributed by atoms with van der Waals surface area (Å²) in [4.78, 5) is 35.9. The van der Waals surface area contributed by atoms with Crippen LogP contribution in [-0.2, 0) is 16.0 Å². The van der Waals surface area contributed by atoms with Gasteiger partial charge in [0.15, 0.2) is 0 Å². The second-order valence-corrected chi connectivity index (χ2v) is 7.99. The molecule has 150 valence electrons. The molecule has 0 aliphatic carbocycles. The summed E-state index contributed by atoms with van der Waals surface area (Å²) >= 11 is 1.34. The maximum absolute atomic E-state index is 13.0. The number of carboxylic acids is 1. The fraction of sp³-hybridized carbons (Fsp3) is 0.227. The summed E-state index contributed by atoms with van der Waals surface area (Å²) in [5, 5.41) is 12.9. The minimum atomic E-state index is -1.19. The number of fused-ring (bicyclic) bond motifs is 1. The number of carbonyl (C=O) groups is 3. The molecule has 0 aliphatic heterocycles. The first kappa shape index (κ1) is 20.5. The molecule has 2 aromatic carbocycles. The minimum Gasteiger partial charge on any atom is -0.480 e. The van der Waals surface area contributed by atoms with E-state index in [0.29, 0.717) is 11.3 Å². The summed E-state index contributed by atoms with van der Waals surface area (Å²) in [6.07, 6.45) is 0.403. The van der Waals surface area contributed by atoms with Gasteiger partial charge in [-0.2, -0.15) is 0 Å². The lowest BCUT2D eigenvalue weighted by Gasteiger charge is -2.14. The largest absolute Gasteiger partial charge is 0.480 e. The molecule has 3 aromatic rings. The van der Waals surface area contributed by atoms with Gasteiger partial charge >= 0.3 is 5.97 Å². The summed E-state index contributed by atoms with van der Waals surface area (Å²) in [6, 6.07) is 14.7. The lowest BCUT2D eigenvalue weighted by Crippen LogP contribution is -2.41. The number of amides is 2. The maximum atomic E-state index is 13.0. The Labute approximate surface area is 172 Å². The van der Waals surface area contributed by atoms with Gasteiger partial charge < -0.3 is 16.2 Å². The highest BCUT2D eigenvalue weighted by atomic mass is 32.1. The number of thiophene rings is 1. The van der Waals surface area contributed by atoms with Crippen molar-refractivity contribution in [2.45, 2.75) is 32.2 Å². The fourth-order valence-corrected chi connectivity index (χ4v) is 4.26. The van der Waals surface area contributed by atoms with Crippen molar-refractivity contribution >= 4 is 39.2 Å². The number of carbonyl (C=O) groups excluding carboxylic acids is 2. The Hall–Kier alpha value is -3.19. The lowest BCUT2D eigenvalue weighted by molar-refractivity contribution is -0.139. The zero-order chi connectivity index (χ0) is 21.0. The van der Waals surface area contributed by atoms with Crippen LogP contribution in [0, 0.1) is 6.92 Å². The summed E-state index contributed by atoms with van der Waals surface area (Å²) in [7, 11) is 0. The number of aryl methyl sites for hydroxylation is 1. The zero-order valence-electron chi connectivity index (χ0n) is 16.0. The number of carboxylic acid groups (broad SMARTS) is 1. The SMILES string of the molecule is Cc1ccc(Cc2c(C(=O)NC(CCC(N)=O)C(=O)O)sc3ccccc23)cc1. The number of rotatable bonds is 8. The number of hydrogen-bond acceptors (Lipinski definition) is 4. The van der Waals surface area contributed by atoms with E-state index in [-0.39, 0.29) is 12.8 Å². The van der Waals surface area contributed by atoms with E-state index in [1.54, 1.807) is 0 Å². The number of aliphatic carboxylic acids is 1. The predicted octanol–water partition coefficient (Wildman–Crippen LogP) is 3.25. The van der Waals surface area contributed by atoms with Crippen LogP contribution in [0.4, 0.5) is 0 Å². The van der Waals surface area contributed by atoms with Gasteiger partial charge in [-0.05, 0) is 42.3 Å². The van der Waals surface area contributed by atoms with Crippen molar-refractivity contribution in [2.75, 3.05) is 0 Å². The number of nitrogens with two attached hydrogens (primary N) is 1. The first-order valence-electron chi connectivity index (χ1n) is 9.23. The van der Waals surface area contributed by atoms with Crippen LogP contribution in [0.5, 0.6) is 0 Å². The average Bonchev–Trinajstić information content (AvgIpc) is 3.05. The second kappa shape index (κ2) is 8.87. The number of benzene rings is 2. The average molecular weight is 410 g/mol. The van der Waals surface area contributed by atoms with Crippen LogP contribution in [0.2, 0.25) is 0 Å². The van der Waals surface area contributed by atoms with Gasteiger partial charge in [-0.3, -0.25) is 9.59 Å². The Bertz CT molecular complexity index is 1060. The monoisotopic (exact) mass is 410 g/mol. The molecule has 1 atom stereocenters. The van der Waals surface area contributed by atoms with E-state index in [1.165, 1.54) is 11.3 Å². The van der Waals surface area contributed by atoms with Gasteiger partial charge in [-0.15, -0.1) is 11.3 Å². The molecule has 0 saturated heterocycles. The second-order valence-electron chi connectivity index (χ2n) is 6.94. The van der Waals surface area contributed by atoms with Crippen LogP contribution < -0.4 is 11.1 Å². The van der Waals surface area contributed by atoms with Crippen molar-refractivity contribution in [1.29, 1.82) is 0 Å². The third kappa shape index (κ3) is 5.00. The van der Waals surface area contributed by atoms with E-state index >= 15 is 0 Å². The van der Waals surface area contributed by atoms with Crippen LogP contribution in [0.1, 0.15) is 39.2 Å². The highest BCUT2D eigenvalue weighted by molar-refractivity contribution is 7.21. The van der Waals surface area contributed by atoms with E-state index in [9.17, 15) is 19.5 Å². The normalized spacial score (nSPS) is 11.9. The molecule has 3 rings (SSSR count). The third-order valence-electron chi connectivity index (χ3n) is 4.69. The number of hydrogen-bond donors (Lipinski definition) is 3. The van der Waals surface area contributed by atoms with Crippen molar-refractivity contribution in [3.8, 4) is 0 Å². The van der Waals surface area contributed by atoms with Gasteiger partial charge in [-0.1, -0.05) is 48.0 Å². The van der Waals surface area contributed by atoms with Gasteiger partial charge in [0.1, 0.15) is 6.04 Å². The van der Waals surface area contributed by atoms with Gasteiger partial charge in [0, 0.05) is 11.1 Å². The Morgan fingerprint density at radius 3 is 2.45 bits per heavy atom. The number of nitrogens with one attached hydrogen (secondary N) is 1. The minimum absolute atomic E-state index is 0.0470. The fourth-order valence-electron chi connectivity index (χ4n) is 3.14. The molecule has 0 spiro atoms. The molecule has 0 bridgehead atoms. The summed E-state index contributed by atoms with van der Waals surface area (Å²) in [5.74, 6) is -2.25. The highest BCUT2D eigenvalue weighted by Gasteiger charge is 2.25. The Morgan fingerprint density at radius 2 is 1.79 bits per heavy atom. The predicted molar refractivity (Wildman–Crippen MR) is 113 cm³/mol.